The molecular weight excluding hydrogens is 397 g/mol. The van der Waals surface area contributed by atoms with Gasteiger partial charge in [0.05, 0.1) is 11.5 Å². The highest BCUT2D eigenvalue weighted by Crippen LogP contribution is 2.27. The van der Waals surface area contributed by atoms with Crippen LogP contribution < -0.4 is 0 Å². The van der Waals surface area contributed by atoms with Gasteiger partial charge in [0.2, 0.25) is 0 Å². The highest BCUT2D eigenvalue weighted by molar-refractivity contribution is 8.13. The monoisotopic (exact) mass is 409 g/mol. The molecule has 3 rings (SSSR count). The van der Waals surface area contributed by atoms with Gasteiger partial charge in [-0.1, -0.05) is 47.1 Å². The molecule has 6 nitrogen and oxygen atoms in total. The Labute approximate surface area is 164 Å². The fraction of sp³-hybridized carbons (Fsp3) is 0.176. The minimum absolute atomic E-state index is 0.0412. The highest BCUT2D eigenvalue weighted by atomic mass is 35.5. The number of carbonyl (C=O) groups excluding carboxylic acids is 1. The molecule has 0 saturated carbocycles. The summed E-state index contributed by atoms with van der Waals surface area (Å²) in [5.74, 6) is 0.106. The number of aliphatic imine (C=N–C) groups is 1. The summed E-state index contributed by atoms with van der Waals surface area (Å²) >= 11 is 13.3. The number of rotatable bonds is 4. The van der Waals surface area contributed by atoms with Gasteiger partial charge in [-0.25, -0.2) is 0 Å². The Balaban J connectivity index is 1.78. The number of benzene rings is 2. The molecule has 2 aromatic carbocycles. The minimum Gasteiger partial charge on any atom is -0.285 e. The van der Waals surface area contributed by atoms with Crippen molar-refractivity contribution < 1.29 is 9.72 Å². The molecule has 1 amide bonds. The van der Waals surface area contributed by atoms with Crippen molar-refractivity contribution in [2.75, 3.05) is 13.1 Å². The molecule has 1 aliphatic heterocycles. The number of nitrogens with zero attached hydrogens (tertiary/aromatic N) is 3. The highest BCUT2D eigenvalue weighted by Gasteiger charge is 2.30. The molecule has 0 bridgehead atoms. The number of hydrogen-bond acceptors (Lipinski definition) is 5. The number of nitro benzene ring substituents is 1. The van der Waals surface area contributed by atoms with Crippen LogP contribution in [0.1, 0.15) is 15.9 Å². The second kappa shape index (κ2) is 8.07. The van der Waals surface area contributed by atoms with Crippen LogP contribution in [0.4, 0.5) is 5.69 Å². The Morgan fingerprint density at radius 2 is 2.00 bits per heavy atom. The van der Waals surface area contributed by atoms with E-state index in [1.54, 1.807) is 6.07 Å². The lowest BCUT2D eigenvalue weighted by Gasteiger charge is -2.18. The van der Waals surface area contributed by atoms with Gasteiger partial charge in [0.15, 0.2) is 5.17 Å². The number of amidine groups is 1. The molecule has 26 heavy (non-hydrogen) atoms. The predicted molar refractivity (Wildman–Crippen MR) is 104 cm³/mol. The van der Waals surface area contributed by atoms with Crippen molar-refractivity contribution >= 4 is 51.7 Å². The number of nitro groups is 1. The summed E-state index contributed by atoms with van der Waals surface area (Å²) in [5, 5.41) is 12.7. The summed E-state index contributed by atoms with van der Waals surface area (Å²) in [6.45, 7) is 0.832. The molecule has 2 aromatic rings. The zero-order valence-electron chi connectivity index (χ0n) is 13.4. The average molecular weight is 410 g/mol. The summed E-state index contributed by atoms with van der Waals surface area (Å²) in [5.41, 5.74) is 0.684. The molecular formula is C17H13Cl2N3O3S. The predicted octanol–water partition coefficient (Wildman–Crippen LogP) is 4.65. The maximum absolute atomic E-state index is 12.8. The molecule has 0 fully saturated rings. The van der Waals surface area contributed by atoms with E-state index in [1.165, 1.54) is 34.9 Å². The van der Waals surface area contributed by atoms with E-state index >= 15 is 0 Å². The van der Waals surface area contributed by atoms with Crippen LogP contribution in [0.25, 0.3) is 0 Å². The quantitative estimate of drug-likeness (QED) is 0.543. The number of hydrogen-bond donors (Lipinski definition) is 0. The lowest BCUT2D eigenvalue weighted by atomic mass is 10.1. The molecule has 9 heteroatoms. The van der Waals surface area contributed by atoms with Gasteiger partial charge in [-0.3, -0.25) is 24.8 Å². The van der Waals surface area contributed by atoms with Crippen molar-refractivity contribution in [3.8, 4) is 0 Å². The van der Waals surface area contributed by atoms with Crippen molar-refractivity contribution in [2.45, 2.75) is 5.75 Å². The van der Waals surface area contributed by atoms with Gasteiger partial charge in [-0.15, -0.1) is 0 Å². The van der Waals surface area contributed by atoms with E-state index in [4.69, 9.17) is 23.2 Å². The Morgan fingerprint density at radius 3 is 2.73 bits per heavy atom. The van der Waals surface area contributed by atoms with Gasteiger partial charge < -0.3 is 0 Å². The molecule has 134 valence electrons. The van der Waals surface area contributed by atoms with E-state index in [9.17, 15) is 14.9 Å². The van der Waals surface area contributed by atoms with Gasteiger partial charge in [0.25, 0.3) is 11.6 Å². The van der Waals surface area contributed by atoms with Crippen LogP contribution in [0.5, 0.6) is 0 Å². The SMILES string of the molecule is O=C(c1cc(Cl)ccc1[N+](=O)[O-])N1CCN=C1SCc1cccc(Cl)c1. The molecule has 0 radical (unpaired) electrons. The zero-order valence-corrected chi connectivity index (χ0v) is 15.7. The number of amides is 1. The smallest absolute Gasteiger partial charge is 0.282 e. The van der Waals surface area contributed by atoms with Crippen LogP contribution in [0.2, 0.25) is 10.0 Å². The third kappa shape index (κ3) is 4.17. The maximum Gasteiger partial charge on any atom is 0.282 e. The molecule has 0 spiro atoms. The van der Waals surface area contributed by atoms with Gasteiger partial charge in [-0.2, -0.15) is 0 Å². The minimum atomic E-state index is -0.588. The van der Waals surface area contributed by atoms with Crippen LogP contribution in [-0.2, 0) is 5.75 Å². The number of carbonyl (C=O) groups is 1. The Kier molecular flexibility index (Phi) is 5.80. The largest absolute Gasteiger partial charge is 0.285 e. The second-order valence-electron chi connectivity index (χ2n) is 5.46. The summed E-state index contributed by atoms with van der Waals surface area (Å²) in [7, 11) is 0. The Bertz CT molecular complexity index is 905. The first-order valence-electron chi connectivity index (χ1n) is 7.63. The third-order valence-corrected chi connectivity index (χ3v) is 5.24. The normalized spacial score (nSPS) is 13.6. The summed E-state index contributed by atoms with van der Waals surface area (Å²) in [4.78, 5) is 29.3. The summed E-state index contributed by atoms with van der Waals surface area (Å²) in [6, 6.07) is 11.4. The molecule has 0 N–H and O–H groups in total. The van der Waals surface area contributed by atoms with Crippen LogP contribution in [0.3, 0.4) is 0 Å². The first-order chi connectivity index (χ1) is 12.5. The molecule has 1 aliphatic rings. The van der Waals surface area contributed by atoms with Crippen molar-refractivity contribution in [1.82, 2.24) is 4.90 Å². The Morgan fingerprint density at radius 1 is 1.23 bits per heavy atom. The standard InChI is InChI=1S/C17H13Cl2N3O3S/c18-12-3-1-2-11(8-12)10-26-17-20-6-7-21(17)16(23)14-9-13(19)4-5-15(14)22(24)25/h1-5,8-9H,6-7,10H2. The van der Waals surface area contributed by atoms with E-state index in [2.05, 4.69) is 4.99 Å². The van der Waals surface area contributed by atoms with E-state index in [-0.39, 0.29) is 16.3 Å². The van der Waals surface area contributed by atoms with Crippen LogP contribution in [0.15, 0.2) is 47.5 Å². The number of thioether (sulfide) groups is 1. The molecule has 0 aromatic heterocycles. The van der Waals surface area contributed by atoms with Crippen LogP contribution in [0, 0.1) is 10.1 Å². The average Bonchev–Trinajstić information content (AvgIpc) is 3.07. The van der Waals surface area contributed by atoms with Crippen molar-refractivity contribution in [2.24, 2.45) is 4.99 Å². The Hall–Kier alpha value is -2.09. The fourth-order valence-electron chi connectivity index (χ4n) is 2.50. The number of halogens is 2. The molecule has 1 heterocycles. The molecule has 0 saturated heterocycles. The van der Waals surface area contributed by atoms with Gasteiger partial charge in [0, 0.05) is 28.4 Å². The van der Waals surface area contributed by atoms with Crippen molar-refractivity contribution in [1.29, 1.82) is 0 Å². The maximum atomic E-state index is 12.8. The molecule has 0 atom stereocenters. The van der Waals surface area contributed by atoms with Crippen LogP contribution in [-0.4, -0.2) is 34.0 Å². The van der Waals surface area contributed by atoms with E-state index < -0.39 is 10.8 Å². The summed E-state index contributed by atoms with van der Waals surface area (Å²) in [6.07, 6.45) is 0. The van der Waals surface area contributed by atoms with E-state index in [1.807, 2.05) is 18.2 Å². The van der Waals surface area contributed by atoms with Crippen LogP contribution >= 0.6 is 35.0 Å². The van der Waals surface area contributed by atoms with E-state index in [0.29, 0.717) is 29.0 Å². The first-order valence-corrected chi connectivity index (χ1v) is 9.37. The molecule has 0 aliphatic carbocycles. The third-order valence-electron chi connectivity index (χ3n) is 3.69. The lowest BCUT2D eigenvalue weighted by Crippen LogP contribution is -2.33. The van der Waals surface area contributed by atoms with Gasteiger partial charge in [-0.05, 0) is 29.8 Å². The van der Waals surface area contributed by atoms with Gasteiger partial charge >= 0.3 is 0 Å². The van der Waals surface area contributed by atoms with Crippen molar-refractivity contribution in [3.05, 3.63) is 73.8 Å². The lowest BCUT2D eigenvalue weighted by molar-refractivity contribution is -0.385. The molecule has 0 unspecified atom stereocenters. The second-order valence-corrected chi connectivity index (χ2v) is 7.27. The summed E-state index contributed by atoms with van der Waals surface area (Å²) < 4.78 is 0. The zero-order chi connectivity index (χ0) is 18.7. The van der Waals surface area contributed by atoms with Crippen molar-refractivity contribution in [3.63, 3.8) is 0 Å². The van der Waals surface area contributed by atoms with Gasteiger partial charge in [0.1, 0.15) is 5.56 Å². The first kappa shape index (κ1) is 18.7. The fourth-order valence-corrected chi connectivity index (χ4v) is 3.87. The topological polar surface area (TPSA) is 75.8 Å². The van der Waals surface area contributed by atoms with E-state index in [0.717, 1.165) is 5.56 Å².